The summed E-state index contributed by atoms with van der Waals surface area (Å²) in [5.41, 5.74) is 5.89. The maximum absolute atomic E-state index is 13.8. The van der Waals surface area contributed by atoms with Gasteiger partial charge in [-0.25, -0.2) is 4.39 Å². The molecule has 5 nitrogen and oxygen atoms in total. The van der Waals surface area contributed by atoms with Crippen molar-refractivity contribution in [3.05, 3.63) is 88.2 Å². The SMILES string of the molecule is CN(Cc1ccc(CO)c2c1CN=C2)C(=O)c1ccc(-c2cccc(F)c2)c(OC2CC2)c1. The Morgan fingerprint density at radius 2 is 1.97 bits per heavy atom. The second kappa shape index (κ2) is 8.79. The topological polar surface area (TPSA) is 62.1 Å². The summed E-state index contributed by atoms with van der Waals surface area (Å²) in [6, 6.07) is 15.6. The van der Waals surface area contributed by atoms with Crippen molar-refractivity contribution in [2.24, 2.45) is 4.99 Å². The number of hydrogen-bond acceptors (Lipinski definition) is 4. The summed E-state index contributed by atoms with van der Waals surface area (Å²) in [5.74, 6) is 0.165. The number of hydrogen-bond donors (Lipinski definition) is 1. The molecule has 0 bridgehead atoms. The Hall–Kier alpha value is -3.51. The van der Waals surface area contributed by atoms with Gasteiger partial charge in [0.25, 0.3) is 5.91 Å². The van der Waals surface area contributed by atoms with Gasteiger partial charge in [-0.15, -0.1) is 0 Å². The van der Waals surface area contributed by atoms with Crippen LogP contribution in [0.5, 0.6) is 5.75 Å². The molecule has 0 unspecified atom stereocenters. The van der Waals surface area contributed by atoms with Crippen molar-refractivity contribution in [1.29, 1.82) is 0 Å². The molecule has 1 aliphatic heterocycles. The van der Waals surface area contributed by atoms with Gasteiger partial charge in [-0.2, -0.15) is 0 Å². The summed E-state index contributed by atoms with van der Waals surface area (Å²) in [6.07, 6.45) is 3.90. The number of carbonyl (C=O) groups excluding carboxylic acids is 1. The third kappa shape index (κ3) is 4.39. The number of carbonyl (C=O) groups is 1. The molecule has 1 saturated carbocycles. The summed E-state index contributed by atoms with van der Waals surface area (Å²) >= 11 is 0. The molecule has 1 heterocycles. The number of halogens is 1. The van der Waals surface area contributed by atoms with Gasteiger partial charge < -0.3 is 14.7 Å². The number of aliphatic imine (C=N–C) groups is 1. The van der Waals surface area contributed by atoms with E-state index in [9.17, 15) is 14.3 Å². The first-order chi connectivity index (χ1) is 16.0. The van der Waals surface area contributed by atoms with Gasteiger partial charge in [-0.1, -0.05) is 24.3 Å². The Labute approximate surface area is 192 Å². The Morgan fingerprint density at radius 1 is 1.15 bits per heavy atom. The normalized spacial score (nSPS) is 14.3. The van der Waals surface area contributed by atoms with Crippen molar-refractivity contribution in [3.8, 4) is 16.9 Å². The molecule has 33 heavy (non-hydrogen) atoms. The average Bonchev–Trinajstić information content (AvgIpc) is 3.49. The third-order valence-electron chi connectivity index (χ3n) is 6.12. The van der Waals surface area contributed by atoms with Gasteiger partial charge in [0.05, 0.1) is 19.3 Å². The predicted molar refractivity (Wildman–Crippen MR) is 125 cm³/mol. The monoisotopic (exact) mass is 444 g/mol. The first-order valence-corrected chi connectivity index (χ1v) is 11.1. The molecule has 3 aromatic carbocycles. The zero-order valence-electron chi connectivity index (χ0n) is 18.4. The molecule has 1 amide bonds. The first-order valence-electron chi connectivity index (χ1n) is 11.1. The van der Waals surface area contributed by atoms with Crippen LogP contribution in [-0.2, 0) is 19.7 Å². The zero-order valence-corrected chi connectivity index (χ0v) is 18.4. The van der Waals surface area contributed by atoms with Crippen LogP contribution in [0.1, 0.15) is 45.5 Å². The maximum atomic E-state index is 13.8. The molecule has 0 radical (unpaired) electrons. The van der Waals surface area contributed by atoms with Gasteiger partial charge in [-0.05, 0) is 65.4 Å². The smallest absolute Gasteiger partial charge is 0.254 e. The molecule has 168 valence electrons. The van der Waals surface area contributed by atoms with E-state index in [-0.39, 0.29) is 24.4 Å². The molecule has 0 saturated heterocycles. The molecule has 1 N–H and O–H groups in total. The lowest BCUT2D eigenvalue weighted by molar-refractivity contribution is 0.0784. The summed E-state index contributed by atoms with van der Waals surface area (Å²) < 4.78 is 19.9. The molecule has 0 spiro atoms. The molecule has 6 heteroatoms. The highest BCUT2D eigenvalue weighted by molar-refractivity contribution is 5.95. The van der Waals surface area contributed by atoms with Gasteiger partial charge >= 0.3 is 0 Å². The van der Waals surface area contributed by atoms with E-state index in [0.717, 1.165) is 46.2 Å². The molecule has 0 aromatic heterocycles. The fraction of sp³-hybridized carbons (Fsp3) is 0.259. The fourth-order valence-electron chi connectivity index (χ4n) is 4.18. The van der Waals surface area contributed by atoms with E-state index >= 15 is 0 Å². The van der Waals surface area contributed by atoms with Crippen LogP contribution in [0.3, 0.4) is 0 Å². The Kier molecular flexibility index (Phi) is 5.68. The first kappa shape index (κ1) is 21.3. The van der Waals surface area contributed by atoms with Crippen LogP contribution in [0.25, 0.3) is 11.1 Å². The third-order valence-corrected chi connectivity index (χ3v) is 6.12. The molecule has 3 aromatic rings. The van der Waals surface area contributed by atoms with Crippen LogP contribution < -0.4 is 4.74 Å². The van der Waals surface area contributed by atoms with Crippen molar-refractivity contribution < 1.29 is 19.0 Å². The van der Waals surface area contributed by atoms with Crippen LogP contribution in [0.4, 0.5) is 4.39 Å². The van der Waals surface area contributed by atoms with Crippen LogP contribution >= 0.6 is 0 Å². The van der Waals surface area contributed by atoms with E-state index in [1.54, 1.807) is 36.4 Å². The molecule has 2 aliphatic rings. The maximum Gasteiger partial charge on any atom is 0.254 e. The van der Waals surface area contributed by atoms with E-state index < -0.39 is 0 Å². The number of benzene rings is 3. The van der Waals surface area contributed by atoms with E-state index in [0.29, 0.717) is 24.4 Å². The molecular weight excluding hydrogens is 419 g/mol. The largest absolute Gasteiger partial charge is 0.490 e. The number of aliphatic hydroxyl groups excluding tert-OH is 1. The Bertz CT molecular complexity index is 1250. The van der Waals surface area contributed by atoms with Crippen molar-refractivity contribution in [2.75, 3.05) is 7.05 Å². The van der Waals surface area contributed by atoms with E-state index in [1.807, 2.05) is 24.3 Å². The average molecular weight is 445 g/mol. The minimum Gasteiger partial charge on any atom is -0.490 e. The van der Waals surface area contributed by atoms with E-state index in [4.69, 9.17) is 4.74 Å². The van der Waals surface area contributed by atoms with Crippen molar-refractivity contribution in [1.82, 2.24) is 4.90 Å². The minimum absolute atomic E-state index is 0.0369. The van der Waals surface area contributed by atoms with Crippen molar-refractivity contribution >= 4 is 12.1 Å². The van der Waals surface area contributed by atoms with E-state index in [1.165, 1.54) is 12.1 Å². The number of ether oxygens (including phenoxy) is 1. The van der Waals surface area contributed by atoms with Crippen LogP contribution in [0.2, 0.25) is 0 Å². The Morgan fingerprint density at radius 3 is 2.73 bits per heavy atom. The van der Waals surface area contributed by atoms with E-state index in [2.05, 4.69) is 4.99 Å². The summed E-state index contributed by atoms with van der Waals surface area (Å²) in [7, 11) is 1.77. The molecule has 1 fully saturated rings. The van der Waals surface area contributed by atoms with Crippen LogP contribution in [0, 0.1) is 5.82 Å². The number of fused-ring (bicyclic) bond motifs is 1. The second-order valence-electron chi connectivity index (χ2n) is 8.60. The number of nitrogens with zero attached hydrogens (tertiary/aromatic N) is 2. The second-order valence-corrected chi connectivity index (χ2v) is 8.60. The van der Waals surface area contributed by atoms with Gasteiger partial charge in [-0.3, -0.25) is 9.79 Å². The van der Waals surface area contributed by atoms with Crippen molar-refractivity contribution in [2.45, 2.75) is 38.6 Å². The zero-order chi connectivity index (χ0) is 22.9. The number of amides is 1. The highest BCUT2D eigenvalue weighted by Gasteiger charge is 2.26. The van der Waals surface area contributed by atoms with Gasteiger partial charge in [0.1, 0.15) is 11.6 Å². The predicted octanol–water partition coefficient (Wildman–Crippen LogP) is 4.73. The highest BCUT2D eigenvalue weighted by Crippen LogP contribution is 2.36. The molecule has 5 rings (SSSR count). The molecule has 1 aliphatic carbocycles. The van der Waals surface area contributed by atoms with Crippen LogP contribution in [-0.4, -0.2) is 35.3 Å². The van der Waals surface area contributed by atoms with Crippen LogP contribution in [0.15, 0.2) is 59.6 Å². The fourth-order valence-corrected chi connectivity index (χ4v) is 4.18. The lowest BCUT2D eigenvalue weighted by Crippen LogP contribution is -2.27. The van der Waals surface area contributed by atoms with Gasteiger partial charge in [0, 0.05) is 36.5 Å². The summed E-state index contributed by atoms with van der Waals surface area (Å²) in [6.45, 7) is 0.952. The summed E-state index contributed by atoms with van der Waals surface area (Å²) in [5, 5.41) is 9.57. The minimum atomic E-state index is -0.312. The highest BCUT2D eigenvalue weighted by atomic mass is 19.1. The molecule has 0 atom stereocenters. The van der Waals surface area contributed by atoms with Crippen molar-refractivity contribution in [3.63, 3.8) is 0 Å². The summed E-state index contributed by atoms with van der Waals surface area (Å²) in [4.78, 5) is 19.3. The lowest BCUT2D eigenvalue weighted by Gasteiger charge is -2.21. The van der Waals surface area contributed by atoms with Gasteiger partial charge in [0.15, 0.2) is 0 Å². The lowest BCUT2D eigenvalue weighted by atomic mass is 9.97. The molecular formula is C27H25FN2O3. The number of rotatable bonds is 7. The van der Waals surface area contributed by atoms with Gasteiger partial charge in [0.2, 0.25) is 0 Å². The number of aliphatic hydroxyl groups is 1. The Balaban J connectivity index is 1.41. The quantitative estimate of drug-likeness (QED) is 0.573. The standard InChI is InChI=1S/C27H25FN2O3/c1-30(15-19-5-6-20(16-31)25-14-29-13-24(19)25)27(32)18-7-10-23(17-3-2-4-21(28)11-17)26(12-18)33-22-8-9-22/h2-7,10-12,14,22,31H,8-9,13,15-16H2,1H3.